The van der Waals surface area contributed by atoms with Gasteiger partial charge in [0, 0.05) is 43.6 Å². The van der Waals surface area contributed by atoms with Crippen LogP contribution in [-0.2, 0) is 0 Å². The van der Waals surface area contributed by atoms with Crippen LogP contribution in [0, 0.1) is 0 Å². The lowest BCUT2D eigenvalue weighted by atomic mass is 10.1. The Kier molecular flexibility index (Phi) is 5.63. The largest absolute Gasteiger partial charge is 0.354 e. The number of nitrogens with zero attached hydrogens (tertiary/aromatic N) is 3. The van der Waals surface area contributed by atoms with Crippen LogP contribution in [0.2, 0.25) is 0 Å². The Morgan fingerprint density at radius 1 is 1.08 bits per heavy atom. The van der Waals surface area contributed by atoms with Crippen LogP contribution in [-0.4, -0.2) is 54.3 Å². The molecule has 0 radical (unpaired) electrons. The van der Waals surface area contributed by atoms with Crippen molar-refractivity contribution in [1.82, 2.24) is 9.88 Å². The van der Waals surface area contributed by atoms with Gasteiger partial charge in [-0.2, -0.15) is 0 Å². The minimum Gasteiger partial charge on any atom is -0.354 e. The quantitative estimate of drug-likeness (QED) is 0.838. The molecule has 136 valence electrons. The maximum atomic E-state index is 12.4. The van der Waals surface area contributed by atoms with Crippen LogP contribution in [0.4, 0.5) is 11.5 Å². The normalized spacial score (nSPS) is 14.9. The first-order valence-corrected chi connectivity index (χ1v) is 8.92. The molecule has 0 unspecified atom stereocenters. The molecule has 1 aromatic heterocycles. The molecule has 1 aromatic carbocycles. The van der Waals surface area contributed by atoms with Crippen molar-refractivity contribution >= 4 is 23.2 Å². The van der Waals surface area contributed by atoms with Crippen molar-refractivity contribution in [1.29, 1.82) is 0 Å². The van der Waals surface area contributed by atoms with Crippen molar-refractivity contribution in [2.45, 2.75) is 13.8 Å². The summed E-state index contributed by atoms with van der Waals surface area (Å²) in [6.45, 7) is 8.72. The van der Waals surface area contributed by atoms with Gasteiger partial charge in [-0.15, -0.1) is 0 Å². The molecule has 1 aliphatic rings. The van der Waals surface area contributed by atoms with Gasteiger partial charge in [0.1, 0.15) is 5.82 Å². The van der Waals surface area contributed by atoms with Crippen LogP contribution >= 0.6 is 0 Å². The number of nitrogens with one attached hydrogen (secondary N) is 1. The summed E-state index contributed by atoms with van der Waals surface area (Å²) in [7, 11) is 0. The fourth-order valence-electron chi connectivity index (χ4n) is 3.02. The van der Waals surface area contributed by atoms with Gasteiger partial charge in [-0.1, -0.05) is 19.1 Å². The number of carbonyl (C=O) groups is 2. The molecule has 0 saturated carbocycles. The van der Waals surface area contributed by atoms with Crippen molar-refractivity contribution < 1.29 is 9.59 Å². The molecule has 2 aromatic rings. The standard InChI is InChI=1S/C20H24N4O2/c1-3-23-9-11-24(12-10-23)19-8-7-17(14-21-19)20(26)22-18-6-4-5-16(13-18)15(2)25/h4-8,13-14H,3,9-12H2,1-2H3,(H,22,26). The third-order valence-corrected chi connectivity index (χ3v) is 4.68. The summed E-state index contributed by atoms with van der Waals surface area (Å²) in [6, 6.07) is 10.6. The molecule has 0 spiro atoms. The highest BCUT2D eigenvalue weighted by molar-refractivity contribution is 6.05. The maximum Gasteiger partial charge on any atom is 0.257 e. The molecular weight excluding hydrogens is 328 g/mol. The fourth-order valence-corrected chi connectivity index (χ4v) is 3.02. The second kappa shape index (κ2) is 8.10. The third kappa shape index (κ3) is 4.26. The third-order valence-electron chi connectivity index (χ3n) is 4.68. The second-order valence-corrected chi connectivity index (χ2v) is 6.42. The van der Waals surface area contributed by atoms with Crippen LogP contribution in [0.5, 0.6) is 0 Å². The SMILES string of the molecule is CCN1CCN(c2ccc(C(=O)Nc3cccc(C(C)=O)c3)cn2)CC1. The van der Waals surface area contributed by atoms with Gasteiger partial charge < -0.3 is 15.1 Å². The van der Waals surface area contributed by atoms with Gasteiger partial charge >= 0.3 is 0 Å². The van der Waals surface area contributed by atoms with Crippen molar-refractivity contribution in [3.05, 3.63) is 53.7 Å². The molecule has 6 heteroatoms. The minimum absolute atomic E-state index is 0.0321. The number of carbonyl (C=O) groups excluding carboxylic acids is 2. The summed E-state index contributed by atoms with van der Waals surface area (Å²) < 4.78 is 0. The number of hydrogen-bond acceptors (Lipinski definition) is 5. The molecule has 1 amide bonds. The monoisotopic (exact) mass is 352 g/mol. The Morgan fingerprint density at radius 2 is 1.85 bits per heavy atom. The molecule has 1 N–H and O–H groups in total. The maximum absolute atomic E-state index is 12.4. The Hall–Kier alpha value is -2.73. The van der Waals surface area contributed by atoms with E-state index in [0.717, 1.165) is 38.5 Å². The highest BCUT2D eigenvalue weighted by Crippen LogP contribution is 2.16. The number of rotatable bonds is 5. The predicted molar refractivity (Wildman–Crippen MR) is 103 cm³/mol. The van der Waals surface area contributed by atoms with Gasteiger partial charge in [-0.3, -0.25) is 9.59 Å². The summed E-state index contributed by atoms with van der Waals surface area (Å²) in [5.41, 5.74) is 1.67. The second-order valence-electron chi connectivity index (χ2n) is 6.42. The number of hydrogen-bond donors (Lipinski definition) is 1. The molecule has 1 fully saturated rings. The number of benzene rings is 1. The zero-order valence-corrected chi connectivity index (χ0v) is 15.2. The van der Waals surface area contributed by atoms with Crippen LogP contribution in [0.3, 0.4) is 0 Å². The number of amides is 1. The Labute approximate surface area is 153 Å². The van der Waals surface area contributed by atoms with Crippen LogP contribution in [0.1, 0.15) is 34.6 Å². The summed E-state index contributed by atoms with van der Waals surface area (Å²) in [6.07, 6.45) is 1.60. The lowest BCUT2D eigenvalue weighted by Gasteiger charge is -2.34. The number of likely N-dealkylation sites (N-methyl/N-ethyl adjacent to an activating group) is 1. The van der Waals surface area contributed by atoms with Crippen molar-refractivity contribution in [2.24, 2.45) is 0 Å². The molecule has 0 aliphatic carbocycles. The lowest BCUT2D eigenvalue weighted by molar-refractivity contribution is 0.101. The number of ketones is 1. The molecule has 1 aliphatic heterocycles. The molecule has 26 heavy (non-hydrogen) atoms. The average Bonchev–Trinajstić information content (AvgIpc) is 2.68. The Bertz CT molecular complexity index is 781. The van der Waals surface area contributed by atoms with E-state index in [1.165, 1.54) is 6.92 Å². The Morgan fingerprint density at radius 3 is 2.46 bits per heavy atom. The molecule has 0 bridgehead atoms. The Balaban J connectivity index is 1.64. The zero-order valence-electron chi connectivity index (χ0n) is 15.2. The van der Waals surface area contributed by atoms with E-state index in [1.807, 2.05) is 6.07 Å². The zero-order chi connectivity index (χ0) is 18.5. The highest BCUT2D eigenvalue weighted by atomic mass is 16.1. The molecule has 2 heterocycles. The van der Waals surface area contributed by atoms with E-state index >= 15 is 0 Å². The first-order valence-electron chi connectivity index (χ1n) is 8.92. The predicted octanol–water partition coefficient (Wildman–Crippen LogP) is 2.68. The number of piperazine rings is 1. The first-order chi connectivity index (χ1) is 12.6. The van der Waals surface area contributed by atoms with E-state index in [9.17, 15) is 9.59 Å². The average molecular weight is 352 g/mol. The summed E-state index contributed by atoms with van der Waals surface area (Å²) in [5.74, 6) is 0.631. The van der Waals surface area contributed by atoms with Crippen molar-refractivity contribution in [2.75, 3.05) is 42.9 Å². The smallest absolute Gasteiger partial charge is 0.257 e. The topological polar surface area (TPSA) is 65.5 Å². The van der Waals surface area contributed by atoms with E-state index in [4.69, 9.17) is 0 Å². The van der Waals surface area contributed by atoms with Crippen LogP contribution in [0.15, 0.2) is 42.6 Å². The van der Waals surface area contributed by atoms with Gasteiger partial charge in [0.25, 0.3) is 5.91 Å². The summed E-state index contributed by atoms with van der Waals surface area (Å²) >= 11 is 0. The van der Waals surface area contributed by atoms with Crippen molar-refractivity contribution in [3.63, 3.8) is 0 Å². The molecule has 6 nitrogen and oxygen atoms in total. The molecule has 1 saturated heterocycles. The van der Waals surface area contributed by atoms with E-state index in [0.29, 0.717) is 16.8 Å². The van der Waals surface area contributed by atoms with Gasteiger partial charge in [0.2, 0.25) is 0 Å². The van der Waals surface area contributed by atoms with E-state index in [1.54, 1.807) is 36.5 Å². The van der Waals surface area contributed by atoms with Gasteiger partial charge in [0.05, 0.1) is 5.56 Å². The molecule has 3 rings (SSSR count). The van der Waals surface area contributed by atoms with Crippen molar-refractivity contribution in [3.8, 4) is 0 Å². The first kappa shape index (κ1) is 18.1. The van der Waals surface area contributed by atoms with Crippen LogP contribution < -0.4 is 10.2 Å². The summed E-state index contributed by atoms with van der Waals surface area (Å²) in [5, 5.41) is 2.81. The lowest BCUT2D eigenvalue weighted by Crippen LogP contribution is -2.46. The highest BCUT2D eigenvalue weighted by Gasteiger charge is 2.17. The van der Waals surface area contributed by atoms with Crippen LogP contribution in [0.25, 0.3) is 0 Å². The van der Waals surface area contributed by atoms with Gasteiger partial charge in [0.15, 0.2) is 5.78 Å². The molecular formula is C20H24N4O2. The number of anilines is 2. The number of Topliss-reactive ketones (excluding diaryl/α,β-unsaturated/α-hetero) is 1. The summed E-state index contributed by atoms with van der Waals surface area (Å²) in [4.78, 5) is 33.0. The fraction of sp³-hybridized carbons (Fsp3) is 0.350. The van der Waals surface area contributed by atoms with E-state index < -0.39 is 0 Å². The molecule has 0 atom stereocenters. The van der Waals surface area contributed by atoms with E-state index in [-0.39, 0.29) is 11.7 Å². The van der Waals surface area contributed by atoms with E-state index in [2.05, 4.69) is 27.0 Å². The van der Waals surface area contributed by atoms with Gasteiger partial charge in [-0.05, 0) is 37.7 Å². The number of aromatic nitrogens is 1. The number of pyridine rings is 1. The van der Waals surface area contributed by atoms with Gasteiger partial charge in [-0.25, -0.2) is 4.98 Å². The minimum atomic E-state index is -0.236.